The van der Waals surface area contributed by atoms with Crippen LogP contribution in [0.1, 0.15) is 25.8 Å². The van der Waals surface area contributed by atoms with E-state index in [2.05, 4.69) is 31.9 Å². The summed E-state index contributed by atoms with van der Waals surface area (Å²) >= 11 is 5.99. The maximum Gasteiger partial charge on any atom is 0.0409 e. The fraction of sp³-hybridized carbons (Fsp3) is 0.600. The molecule has 0 aromatic heterocycles. The van der Waals surface area contributed by atoms with Crippen molar-refractivity contribution in [3.05, 3.63) is 34.9 Å². The van der Waals surface area contributed by atoms with Crippen molar-refractivity contribution in [1.82, 2.24) is 4.90 Å². The lowest BCUT2D eigenvalue weighted by atomic mass is 9.96. The molecule has 0 saturated heterocycles. The number of nitrogens with zero attached hydrogens (tertiary/aromatic N) is 1. The Morgan fingerprint density at radius 1 is 1.33 bits per heavy atom. The molecule has 1 rings (SSSR count). The van der Waals surface area contributed by atoms with Crippen LogP contribution in [0.15, 0.2) is 24.3 Å². The first-order valence-electron chi connectivity index (χ1n) is 6.64. The minimum absolute atomic E-state index is 0.578. The zero-order valence-corrected chi connectivity index (χ0v) is 12.5. The Morgan fingerprint density at radius 2 is 2.06 bits per heavy atom. The first kappa shape index (κ1) is 15.5. The fourth-order valence-electron chi connectivity index (χ4n) is 2.36. The topological polar surface area (TPSA) is 29.3 Å². The summed E-state index contributed by atoms with van der Waals surface area (Å²) in [5.74, 6) is 1.28. The molecule has 102 valence electrons. The first-order chi connectivity index (χ1) is 8.51. The number of hydrogen-bond donors (Lipinski definition) is 1. The van der Waals surface area contributed by atoms with Gasteiger partial charge in [0.15, 0.2) is 0 Å². The Kier molecular flexibility index (Phi) is 6.69. The Balaban J connectivity index is 2.47. The van der Waals surface area contributed by atoms with Crippen LogP contribution in [-0.2, 0) is 6.54 Å². The summed E-state index contributed by atoms with van der Waals surface area (Å²) in [5.41, 5.74) is 7.09. The maximum absolute atomic E-state index is 5.99. The van der Waals surface area contributed by atoms with Crippen LogP contribution in [0.2, 0.25) is 5.02 Å². The summed E-state index contributed by atoms with van der Waals surface area (Å²) in [6.45, 7) is 7.23. The molecule has 1 aromatic carbocycles. The molecule has 2 N–H and O–H groups in total. The minimum atomic E-state index is 0.578. The van der Waals surface area contributed by atoms with E-state index in [1.807, 2.05) is 18.2 Å². The summed E-state index contributed by atoms with van der Waals surface area (Å²) in [4.78, 5) is 2.32. The highest BCUT2D eigenvalue weighted by Crippen LogP contribution is 2.15. The molecule has 1 aromatic rings. The Hall–Kier alpha value is -0.570. The smallest absolute Gasteiger partial charge is 0.0409 e. The lowest BCUT2D eigenvalue weighted by Gasteiger charge is -2.24. The molecule has 0 fully saturated rings. The Morgan fingerprint density at radius 3 is 2.61 bits per heavy atom. The highest BCUT2D eigenvalue weighted by molar-refractivity contribution is 6.30. The van der Waals surface area contributed by atoms with Crippen LogP contribution >= 0.6 is 11.6 Å². The van der Waals surface area contributed by atoms with Crippen molar-refractivity contribution in [2.24, 2.45) is 17.6 Å². The summed E-state index contributed by atoms with van der Waals surface area (Å²) in [5, 5.41) is 0.804. The van der Waals surface area contributed by atoms with Gasteiger partial charge in [-0.05, 0) is 49.5 Å². The van der Waals surface area contributed by atoms with E-state index in [0.29, 0.717) is 11.8 Å². The molecule has 0 bridgehead atoms. The largest absolute Gasteiger partial charge is 0.330 e. The van der Waals surface area contributed by atoms with E-state index in [-0.39, 0.29) is 0 Å². The summed E-state index contributed by atoms with van der Waals surface area (Å²) in [7, 11) is 2.14. The average molecular weight is 269 g/mol. The number of nitrogens with two attached hydrogens (primary N) is 1. The molecule has 1 unspecified atom stereocenters. The van der Waals surface area contributed by atoms with Gasteiger partial charge >= 0.3 is 0 Å². The standard InChI is InChI=1S/C15H25ClN2/c1-12(2)7-14(9-17)11-18(3)10-13-5-4-6-15(16)8-13/h4-6,8,12,14H,7,9-11,17H2,1-3H3. The van der Waals surface area contributed by atoms with Gasteiger partial charge in [0.2, 0.25) is 0 Å². The molecule has 0 spiro atoms. The molecule has 0 radical (unpaired) electrons. The molecule has 18 heavy (non-hydrogen) atoms. The fourth-order valence-corrected chi connectivity index (χ4v) is 2.58. The molecule has 0 aliphatic heterocycles. The zero-order chi connectivity index (χ0) is 13.5. The monoisotopic (exact) mass is 268 g/mol. The van der Waals surface area contributed by atoms with Crippen LogP contribution < -0.4 is 5.73 Å². The third kappa shape index (κ3) is 5.85. The molecule has 0 heterocycles. The van der Waals surface area contributed by atoms with E-state index >= 15 is 0 Å². The van der Waals surface area contributed by atoms with Gasteiger partial charge in [-0.2, -0.15) is 0 Å². The predicted octanol–water partition coefficient (Wildman–Crippen LogP) is 3.39. The SMILES string of the molecule is CC(C)CC(CN)CN(C)Cc1cccc(Cl)c1. The molecule has 3 heteroatoms. The summed E-state index contributed by atoms with van der Waals surface area (Å²) in [6.07, 6.45) is 1.19. The average Bonchev–Trinajstić information content (AvgIpc) is 2.27. The van der Waals surface area contributed by atoms with Crippen molar-refractivity contribution in [2.45, 2.75) is 26.8 Å². The molecule has 0 aliphatic carbocycles. The maximum atomic E-state index is 5.99. The van der Waals surface area contributed by atoms with Gasteiger partial charge < -0.3 is 10.6 Å². The van der Waals surface area contributed by atoms with Gasteiger partial charge in [0, 0.05) is 18.1 Å². The van der Waals surface area contributed by atoms with Crippen LogP contribution in [0.3, 0.4) is 0 Å². The van der Waals surface area contributed by atoms with E-state index in [1.54, 1.807) is 0 Å². The minimum Gasteiger partial charge on any atom is -0.330 e. The van der Waals surface area contributed by atoms with E-state index < -0.39 is 0 Å². The van der Waals surface area contributed by atoms with Gasteiger partial charge in [0.1, 0.15) is 0 Å². The third-order valence-electron chi connectivity index (χ3n) is 3.05. The van der Waals surface area contributed by atoms with Crippen molar-refractivity contribution in [2.75, 3.05) is 20.1 Å². The highest BCUT2D eigenvalue weighted by atomic mass is 35.5. The predicted molar refractivity (Wildman–Crippen MR) is 79.8 cm³/mol. The van der Waals surface area contributed by atoms with Crippen LogP contribution in [-0.4, -0.2) is 25.0 Å². The van der Waals surface area contributed by atoms with Crippen LogP contribution in [0.25, 0.3) is 0 Å². The molecular weight excluding hydrogens is 244 g/mol. The van der Waals surface area contributed by atoms with Crippen molar-refractivity contribution in [3.63, 3.8) is 0 Å². The Labute approximate surface area is 116 Å². The zero-order valence-electron chi connectivity index (χ0n) is 11.7. The van der Waals surface area contributed by atoms with Gasteiger partial charge in [-0.1, -0.05) is 37.6 Å². The molecule has 0 aliphatic rings. The van der Waals surface area contributed by atoms with Gasteiger partial charge in [0.25, 0.3) is 0 Å². The van der Waals surface area contributed by atoms with E-state index in [0.717, 1.165) is 24.7 Å². The van der Waals surface area contributed by atoms with Crippen molar-refractivity contribution in [3.8, 4) is 0 Å². The third-order valence-corrected chi connectivity index (χ3v) is 3.28. The van der Waals surface area contributed by atoms with Crippen molar-refractivity contribution >= 4 is 11.6 Å². The van der Waals surface area contributed by atoms with E-state index in [4.69, 9.17) is 17.3 Å². The Bertz CT molecular complexity index is 352. The number of hydrogen-bond acceptors (Lipinski definition) is 2. The van der Waals surface area contributed by atoms with Crippen LogP contribution in [0.5, 0.6) is 0 Å². The summed E-state index contributed by atoms with van der Waals surface area (Å²) < 4.78 is 0. The van der Waals surface area contributed by atoms with Gasteiger partial charge in [-0.3, -0.25) is 0 Å². The normalized spacial score (nSPS) is 13.3. The quantitative estimate of drug-likeness (QED) is 0.821. The van der Waals surface area contributed by atoms with Crippen LogP contribution in [0.4, 0.5) is 0 Å². The molecular formula is C15H25ClN2. The van der Waals surface area contributed by atoms with E-state index in [1.165, 1.54) is 12.0 Å². The second-order valence-electron chi connectivity index (χ2n) is 5.56. The molecule has 0 amide bonds. The van der Waals surface area contributed by atoms with E-state index in [9.17, 15) is 0 Å². The number of halogens is 1. The van der Waals surface area contributed by atoms with Gasteiger partial charge in [0.05, 0.1) is 0 Å². The van der Waals surface area contributed by atoms with Gasteiger partial charge in [-0.25, -0.2) is 0 Å². The van der Waals surface area contributed by atoms with Crippen molar-refractivity contribution < 1.29 is 0 Å². The lowest BCUT2D eigenvalue weighted by molar-refractivity contribution is 0.250. The van der Waals surface area contributed by atoms with Crippen molar-refractivity contribution in [1.29, 1.82) is 0 Å². The molecule has 1 atom stereocenters. The summed E-state index contributed by atoms with van der Waals surface area (Å²) in [6, 6.07) is 8.05. The number of benzene rings is 1. The number of rotatable bonds is 7. The first-order valence-corrected chi connectivity index (χ1v) is 7.02. The van der Waals surface area contributed by atoms with Gasteiger partial charge in [-0.15, -0.1) is 0 Å². The molecule has 0 saturated carbocycles. The molecule has 2 nitrogen and oxygen atoms in total. The highest BCUT2D eigenvalue weighted by Gasteiger charge is 2.12. The second-order valence-corrected chi connectivity index (χ2v) is 5.99. The lowest BCUT2D eigenvalue weighted by Crippen LogP contribution is -2.30. The van der Waals surface area contributed by atoms with Crippen LogP contribution in [0, 0.1) is 11.8 Å². The second kappa shape index (κ2) is 7.78.